The summed E-state index contributed by atoms with van der Waals surface area (Å²) in [5, 5.41) is 1.27. The van der Waals surface area contributed by atoms with Gasteiger partial charge in [-0.25, -0.2) is 0 Å². The summed E-state index contributed by atoms with van der Waals surface area (Å²) in [5.74, 6) is 0. The molecule has 3 heteroatoms. The SMILES string of the molecule is CC(N)c1cc2cc(Br)ccc2s1. The molecule has 0 aliphatic carbocycles. The second-order valence-electron chi connectivity index (χ2n) is 3.12. The molecule has 0 radical (unpaired) electrons. The van der Waals surface area contributed by atoms with Gasteiger partial charge in [-0.1, -0.05) is 15.9 Å². The third kappa shape index (κ3) is 1.77. The molecule has 1 nitrogen and oxygen atoms in total. The van der Waals surface area contributed by atoms with Crippen molar-refractivity contribution >= 4 is 37.4 Å². The van der Waals surface area contributed by atoms with Crippen molar-refractivity contribution in [3.63, 3.8) is 0 Å². The molecule has 1 aromatic carbocycles. The minimum Gasteiger partial charge on any atom is -0.324 e. The van der Waals surface area contributed by atoms with Crippen LogP contribution >= 0.6 is 27.3 Å². The van der Waals surface area contributed by atoms with Gasteiger partial charge in [0.1, 0.15) is 0 Å². The van der Waals surface area contributed by atoms with Crippen LogP contribution in [0.3, 0.4) is 0 Å². The van der Waals surface area contributed by atoms with Crippen LogP contribution in [0, 0.1) is 0 Å². The maximum atomic E-state index is 5.81. The van der Waals surface area contributed by atoms with Crippen LogP contribution in [0.25, 0.3) is 10.1 Å². The topological polar surface area (TPSA) is 26.0 Å². The van der Waals surface area contributed by atoms with E-state index in [-0.39, 0.29) is 6.04 Å². The largest absolute Gasteiger partial charge is 0.324 e. The smallest absolute Gasteiger partial charge is 0.0361 e. The number of thiophene rings is 1. The molecule has 2 rings (SSSR count). The highest BCUT2D eigenvalue weighted by Crippen LogP contribution is 2.30. The van der Waals surface area contributed by atoms with E-state index in [9.17, 15) is 0 Å². The molecule has 68 valence electrons. The Labute approximate surface area is 89.7 Å². The minimum atomic E-state index is 0.135. The fourth-order valence-electron chi connectivity index (χ4n) is 1.26. The summed E-state index contributed by atoms with van der Waals surface area (Å²) in [6.07, 6.45) is 0. The maximum Gasteiger partial charge on any atom is 0.0361 e. The van der Waals surface area contributed by atoms with Gasteiger partial charge in [0.2, 0.25) is 0 Å². The third-order valence-electron chi connectivity index (χ3n) is 1.95. The van der Waals surface area contributed by atoms with Crippen LogP contribution in [0.2, 0.25) is 0 Å². The first-order valence-corrected chi connectivity index (χ1v) is 5.72. The van der Waals surface area contributed by atoms with E-state index in [0.717, 1.165) is 4.47 Å². The highest BCUT2D eigenvalue weighted by atomic mass is 79.9. The van der Waals surface area contributed by atoms with Crippen LogP contribution in [0.4, 0.5) is 0 Å². The van der Waals surface area contributed by atoms with E-state index in [1.807, 2.05) is 6.92 Å². The average Bonchev–Trinajstić information content (AvgIpc) is 2.46. The van der Waals surface area contributed by atoms with Crippen molar-refractivity contribution in [3.8, 4) is 0 Å². The third-order valence-corrected chi connectivity index (χ3v) is 3.76. The van der Waals surface area contributed by atoms with E-state index in [1.165, 1.54) is 15.0 Å². The lowest BCUT2D eigenvalue weighted by Gasteiger charge is -1.96. The first-order chi connectivity index (χ1) is 6.16. The van der Waals surface area contributed by atoms with Gasteiger partial charge < -0.3 is 5.73 Å². The molecule has 0 aliphatic heterocycles. The Bertz CT molecular complexity index is 433. The van der Waals surface area contributed by atoms with Gasteiger partial charge in [0.15, 0.2) is 0 Å². The number of rotatable bonds is 1. The van der Waals surface area contributed by atoms with Crippen molar-refractivity contribution < 1.29 is 0 Å². The molecule has 0 spiro atoms. The Morgan fingerprint density at radius 2 is 2.15 bits per heavy atom. The van der Waals surface area contributed by atoms with Crippen LogP contribution in [0.15, 0.2) is 28.7 Å². The van der Waals surface area contributed by atoms with Crippen LogP contribution < -0.4 is 5.73 Å². The number of halogens is 1. The predicted molar refractivity (Wildman–Crippen MR) is 62.1 cm³/mol. The fourth-order valence-corrected chi connectivity index (χ4v) is 2.64. The van der Waals surface area contributed by atoms with Gasteiger partial charge >= 0.3 is 0 Å². The molecule has 0 amide bonds. The average molecular weight is 256 g/mol. The number of nitrogens with two attached hydrogens (primary N) is 1. The molecule has 0 fully saturated rings. The highest BCUT2D eigenvalue weighted by molar-refractivity contribution is 9.10. The Hall–Kier alpha value is -0.380. The Morgan fingerprint density at radius 3 is 2.85 bits per heavy atom. The van der Waals surface area contributed by atoms with Crippen LogP contribution in [0.5, 0.6) is 0 Å². The number of benzene rings is 1. The van der Waals surface area contributed by atoms with Crippen molar-refractivity contribution in [2.24, 2.45) is 5.73 Å². The standard InChI is InChI=1S/C10H10BrNS/c1-6(12)10-5-7-4-8(11)2-3-9(7)13-10/h2-6H,12H2,1H3. The van der Waals surface area contributed by atoms with Crippen LogP contribution in [-0.4, -0.2) is 0 Å². The Kier molecular flexibility index (Phi) is 2.41. The van der Waals surface area contributed by atoms with Crippen molar-refractivity contribution in [2.75, 3.05) is 0 Å². The molecule has 13 heavy (non-hydrogen) atoms. The van der Waals surface area contributed by atoms with Gasteiger partial charge in [-0.15, -0.1) is 11.3 Å². The van der Waals surface area contributed by atoms with Gasteiger partial charge in [-0.2, -0.15) is 0 Å². The van der Waals surface area contributed by atoms with Crippen LogP contribution in [-0.2, 0) is 0 Å². The fraction of sp³-hybridized carbons (Fsp3) is 0.200. The van der Waals surface area contributed by atoms with Gasteiger partial charge in [0.05, 0.1) is 0 Å². The van der Waals surface area contributed by atoms with E-state index in [0.29, 0.717) is 0 Å². The zero-order chi connectivity index (χ0) is 9.42. The summed E-state index contributed by atoms with van der Waals surface area (Å²) in [6, 6.07) is 8.60. The summed E-state index contributed by atoms with van der Waals surface area (Å²) in [5.41, 5.74) is 5.81. The van der Waals surface area contributed by atoms with E-state index in [4.69, 9.17) is 5.73 Å². The van der Waals surface area contributed by atoms with Gasteiger partial charge in [0, 0.05) is 20.1 Å². The van der Waals surface area contributed by atoms with E-state index in [2.05, 4.69) is 40.2 Å². The van der Waals surface area contributed by atoms with Gasteiger partial charge in [0.25, 0.3) is 0 Å². The summed E-state index contributed by atoms with van der Waals surface area (Å²) in [7, 11) is 0. The normalized spacial score (nSPS) is 13.5. The molecular weight excluding hydrogens is 246 g/mol. The first-order valence-electron chi connectivity index (χ1n) is 4.11. The van der Waals surface area contributed by atoms with Crippen molar-refractivity contribution in [2.45, 2.75) is 13.0 Å². The zero-order valence-corrected chi connectivity index (χ0v) is 9.65. The maximum absolute atomic E-state index is 5.81. The highest BCUT2D eigenvalue weighted by Gasteiger charge is 2.05. The monoisotopic (exact) mass is 255 g/mol. The molecule has 2 aromatic rings. The lowest BCUT2D eigenvalue weighted by molar-refractivity contribution is 0.839. The molecule has 1 atom stereocenters. The molecular formula is C10H10BrNS. The number of hydrogen-bond donors (Lipinski definition) is 1. The molecule has 0 bridgehead atoms. The summed E-state index contributed by atoms with van der Waals surface area (Å²) >= 11 is 5.22. The van der Waals surface area contributed by atoms with Gasteiger partial charge in [-0.3, -0.25) is 0 Å². The Balaban J connectivity index is 2.62. The summed E-state index contributed by atoms with van der Waals surface area (Å²) in [6.45, 7) is 2.01. The molecule has 0 aliphatic rings. The molecule has 1 unspecified atom stereocenters. The molecule has 0 saturated carbocycles. The van der Waals surface area contributed by atoms with Crippen molar-refractivity contribution in [1.29, 1.82) is 0 Å². The first kappa shape index (κ1) is 9.19. The predicted octanol–water partition coefficient (Wildman–Crippen LogP) is 3.68. The van der Waals surface area contributed by atoms with Crippen molar-refractivity contribution in [3.05, 3.63) is 33.6 Å². The molecule has 1 heterocycles. The number of fused-ring (bicyclic) bond motifs is 1. The second kappa shape index (κ2) is 3.40. The van der Waals surface area contributed by atoms with E-state index >= 15 is 0 Å². The molecule has 0 saturated heterocycles. The quantitative estimate of drug-likeness (QED) is 0.827. The second-order valence-corrected chi connectivity index (χ2v) is 5.15. The van der Waals surface area contributed by atoms with Crippen LogP contribution in [0.1, 0.15) is 17.8 Å². The number of hydrogen-bond acceptors (Lipinski definition) is 2. The minimum absolute atomic E-state index is 0.135. The lowest BCUT2D eigenvalue weighted by Crippen LogP contribution is -2.01. The molecule has 2 N–H and O–H groups in total. The lowest BCUT2D eigenvalue weighted by atomic mass is 10.2. The van der Waals surface area contributed by atoms with Gasteiger partial charge in [-0.05, 0) is 36.6 Å². The molecule has 1 aromatic heterocycles. The van der Waals surface area contributed by atoms with Crippen molar-refractivity contribution in [1.82, 2.24) is 0 Å². The van der Waals surface area contributed by atoms with E-state index in [1.54, 1.807) is 11.3 Å². The summed E-state index contributed by atoms with van der Waals surface area (Å²) in [4.78, 5) is 1.24. The summed E-state index contributed by atoms with van der Waals surface area (Å²) < 4.78 is 2.42. The van der Waals surface area contributed by atoms with E-state index < -0.39 is 0 Å². The Morgan fingerprint density at radius 1 is 1.38 bits per heavy atom. The zero-order valence-electron chi connectivity index (χ0n) is 7.25.